The van der Waals surface area contributed by atoms with Gasteiger partial charge in [-0.05, 0) is 55.6 Å². The molecule has 5 rings (SSSR count). The van der Waals surface area contributed by atoms with Gasteiger partial charge in [0.25, 0.3) is 5.95 Å². The highest BCUT2D eigenvalue weighted by atomic mass is 19.1. The quantitative estimate of drug-likeness (QED) is 0.729. The van der Waals surface area contributed by atoms with Gasteiger partial charge < -0.3 is 14.7 Å². The van der Waals surface area contributed by atoms with Crippen LogP contribution in [0, 0.1) is 11.7 Å². The lowest BCUT2D eigenvalue weighted by Crippen LogP contribution is -2.49. The first-order valence-corrected chi connectivity index (χ1v) is 10.2. The first-order valence-electron chi connectivity index (χ1n) is 10.2. The average molecular weight is 384 g/mol. The number of likely N-dealkylation sites (tertiary alicyclic amines) is 1. The number of piperidine rings is 1. The number of hydrogen-bond donors (Lipinski definition) is 1. The molecule has 0 bridgehead atoms. The first-order chi connectivity index (χ1) is 13.7. The number of benzene rings is 1. The second-order valence-corrected chi connectivity index (χ2v) is 7.91. The van der Waals surface area contributed by atoms with E-state index in [2.05, 4.69) is 25.5 Å². The fourth-order valence-electron chi connectivity index (χ4n) is 4.25. The number of aryl methyl sites for hydroxylation is 1. The van der Waals surface area contributed by atoms with E-state index in [1.807, 2.05) is 6.92 Å². The molecule has 8 heteroatoms. The molecular formula is C20H25FN6O. The van der Waals surface area contributed by atoms with Crippen LogP contribution in [0.4, 0.5) is 4.39 Å². The van der Waals surface area contributed by atoms with Crippen molar-refractivity contribution < 1.29 is 8.91 Å². The third-order valence-electron chi connectivity index (χ3n) is 5.99. The van der Waals surface area contributed by atoms with E-state index in [1.165, 1.54) is 18.7 Å². The topological polar surface area (TPSA) is 72.0 Å². The number of nitrogens with zero attached hydrogens (tertiary/aromatic N) is 5. The molecule has 0 spiro atoms. The fraction of sp³-hybridized carbons (Fsp3) is 0.550. The van der Waals surface area contributed by atoms with E-state index in [0.717, 1.165) is 62.4 Å². The maximum absolute atomic E-state index is 13.8. The summed E-state index contributed by atoms with van der Waals surface area (Å²) >= 11 is 0. The van der Waals surface area contributed by atoms with Crippen molar-refractivity contribution in [3.8, 4) is 5.95 Å². The molecule has 0 aliphatic carbocycles. The molecule has 0 unspecified atom stereocenters. The molecular weight excluding hydrogens is 359 g/mol. The standard InChI is InChI=1S/C20H25FN6O/c1-2-17-16-4-3-15(21)9-18(16)27(24-17)20-23-19(28-25-20)14-5-7-26(8-6-14)12-13-10-22-11-13/h3-4,9,13-14,22H,2,5-8,10-12H2,1H3. The van der Waals surface area contributed by atoms with Gasteiger partial charge >= 0.3 is 0 Å². The summed E-state index contributed by atoms with van der Waals surface area (Å²) in [6.07, 6.45) is 2.81. The van der Waals surface area contributed by atoms with E-state index in [1.54, 1.807) is 10.7 Å². The van der Waals surface area contributed by atoms with E-state index in [4.69, 9.17) is 4.52 Å². The normalized spacial score (nSPS) is 19.4. The van der Waals surface area contributed by atoms with Crippen LogP contribution < -0.4 is 5.32 Å². The number of hydrogen-bond acceptors (Lipinski definition) is 6. The van der Waals surface area contributed by atoms with Crippen LogP contribution in [0.5, 0.6) is 0 Å². The summed E-state index contributed by atoms with van der Waals surface area (Å²) in [7, 11) is 0. The molecule has 2 aliphatic heterocycles. The minimum Gasteiger partial charge on any atom is -0.337 e. The second kappa shape index (κ2) is 7.25. The van der Waals surface area contributed by atoms with E-state index in [0.29, 0.717) is 17.4 Å². The first kappa shape index (κ1) is 17.8. The van der Waals surface area contributed by atoms with Crippen LogP contribution >= 0.6 is 0 Å². The number of nitrogens with one attached hydrogen (secondary N) is 1. The molecule has 4 heterocycles. The summed E-state index contributed by atoms with van der Waals surface area (Å²) in [5.74, 6) is 1.83. The molecule has 0 saturated carbocycles. The molecule has 1 N–H and O–H groups in total. The van der Waals surface area contributed by atoms with Gasteiger partial charge in [-0.15, -0.1) is 0 Å². The molecule has 0 amide bonds. The second-order valence-electron chi connectivity index (χ2n) is 7.91. The van der Waals surface area contributed by atoms with Crippen LogP contribution in [-0.4, -0.2) is 57.5 Å². The third-order valence-corrected chi connectivity index (χ3v) is 5.99. The van der Waals surface area contributed by atoms with Crippen LogP contribution in [0.25, 0.3) is 16.9 Å². The number of aromatic nitrogens is 4. The van der Waals surface area contributed by atoms with Gasteiger partial charge in [0, 0.05) is 37.0 Å². The predicted molar refractivity (Wildman–Crippen MR) is 103 cm³/mol. The lowest BCUT2D eigenvalue weighted by atomic mass is 9.95. The Hall–Kier alpha value is -2.32. The van der Waals surface area contributed by atoms with Crippen molar-refractivity contribution in [3.63, 3.8) is 0 Å². The molecule has 0 atom stereocenters. The minimum absolute atomic E-state index is 0.279. The van der Waals surface area contributed by atoms with Crippen LogP contribution in [-0.2, 0) is 6.42 Å². The molecule has 1 aromatic carbocycles. The van der Waals surface area contributed by atoms with Crippen molar-refractivity contribution in [2.24, 2.45) is 5.92 Å². The summed E-state index contributed by atoms with van der Waals surface area (Å²) in [6.45, 7) is 7.63. The van der Waals surface area contributed by atoms with Gasteiger partial charge in [-0.1, -0.05) is 6.92 Å². The van der Waals surface area contributed by atoms with Gasteiger partial charge in [0.2, 0.25) is 5.89 Å². The number of rotatable bonds is 5. The van der Waals surface area contributed by atoms with Crippen LogP contribution in [0.1, 0.15) is 37.3 Å². The summed E-state index contributed by atoms with van der Waals surface area (Å²) < 4.78 is 21.0. The largest absolute Gasteiger partial charge is 0.337 e. The van der Waals surface area contributed by atoms with Crippen molar-refractivity contribution in [1.29, 1.82) is 0 Å². The van der Waals surface area contributed by atoms with Crippen molar-refractivity contribution >= 4 is 10.9 Å². The van der Waals surface area contributed by atoms with E-state index in [-0.39, 0.29) is 11.7 Å². The Morgan fingerprint density at radius 3 is 2.79 bits per heavy atom. The number of fused-ring (bicyclic) bond motifs is 1. The molecule has 2 aromatic heterocycles. The third kappa shape index (κ3) is 3.20. The van der Waals surface area contributed by atoms with Gasteiger partial charge in [0.15, 0.2) is 0 Å². The van der Waals surface area contributed by atoms with E-state index >= 15 is 0 Å². The Morgan fingerprint density at radius 1 is 1.25 bits per heavy atom. The molecule has 2 saturated heterocycles. The van der Waals surface area contributed by atoms with E-state index < -0.39 is 0 Å². The average Bonchev–Trinajstić information content (AvgIpc) is 3.29. The highest BCUT2D eigenvalue weighted by Gasteiger charge is 2.28. The Kier molecular flexibility index (Phi) is 4.60. The zero-order valence-electron chi connectivity index (χ0n) is 16.1. The van der Waals surface area contributed by atoms with Gasteiger partial charge in [0.1, 0.15) is 5.82 Å². The van der Waals surface area contributed by atoms with Crippen LogP contribution in [0.3, 0.4) is 0 Å². The van der Waals surface area contributed by atoms with Gasteiger partial charge in [0.05, 0.1) is 11.2 Å². The smallest absolute Gasteiger partial charge is 0.291 e. The molecule has 148 valence electrons. The predicted octanol–water partition coefficient (Wildman–Crippen LogP) is 2.51. The van der Waals surface area contributed by atoms with Crippen molar-refractivity contribution in [2.45, 2.75) is 32.1 Å². The monoisotopic (exact) mass is 384 g/mol. The summed E-state index contributed by atoms with van der Waals surface area (Å²) in [5, 5.41) is 13.0. The molecule has 3 aromatic rings. The molecule has 28 heavy (non-hydrogen) atoms. The maximum atomic E-state index is 13.8. The van der Waals surface area contributed by atoms with Gasteiger partial charge in [-0.3, -0.25) is 0 Å². The summed E-state index contributed by atoms with van der Waals surface area (Å²) in [6, 6.07) is 4.70. The molecule has 2 aliphatic rings. The summed E-state index contributed by atoms with van der Waals surface area (Å²) in [4.78, 5) is 7.15. The molecule has 0 radical (unpaired) electrons. The highest BCUT2D eigenvalue weighted by molar-refractivity contribution is 5.83. The van der Waals surface area contributed by atoms with Gasteiger partial charge in [-0.25, -0.2) is 4.39 Å². The Balaban J connectivity index is 1.34. The maximum Gasteiger partial charge on any atom is 0.291 e. The molecule has 7 nitrogen and oxygen atoms in total. The Morgan fingerprint density at radius 2 is 2.07 bits per heavy atom. The van der Waals surface area contributed by atoms with E-state index in [9.17, 15) is 4.39 Å². The van der Waals surface area contributed by atoms with Crippen molar-refractivity contribution in [3.05, 3.63) is 35.6 Å². The zero-order valence-corrected chi connectivity index (χ0v) is 16.1. The van der Waals surface area contributed by atoms with Crippen molar-refractivity contribution in [2.75, 3.05) is 32.7 Å². The lowest BCUT2D eigenvalue weighted by Gasteiger charge is -2.36. The minimum atomic E-state index is -0.297. The van der Waals surface area contributed by atoms with Gasteiger partial charge in [-0.2, -0.15) is 14.8 Å². The van der Waals surface area contributed by atoms with Crippen LogP contribution in [0.15, 0.2) is 22.7 Å². The lowest BCUT2D eigenvalue weighted by molar-refractivity contribution is 0.149. The SMILES string of the molecule is CCc1nn(-c2noc(C3CCN(CC4CNC4)CC3)n2)c2cc(F)ccc12. The Labute approximate surface area is 162 Å². The Bertz CT molecular complexity index is 970. The summed E-state index contributed by atoms with van der Waals surface area (Å²) in [5.41, 5.74) is 1.58. The molecule has 2 fully saturated rings. The number of halogens is 1. The zero-order chi connectivity index (χ0) is 19.1. The van der Waals surface area contributed by atoms with Crippen molar-refractivity contribution in [1.82, 2.24) is 30.1 Å². The fourth-order valence-corrected chi connectivity index (χ4v) is 4.25. The highest BCUT2D eigenvalue weighted by Crippen LogP contribution is 2.29. The van der Waals surface area contributed by atoms with Crippen LogP contribution in [0.2, 0.25) is 0 Å².